The van der Waals surface area contributed by atoms with Crippen LogP contribution < -0.4 is 14.8 Å². The minimum absolute atomic E-state index is 0.0623. The van der Waals surface area contributed by atoms with Gasteiger partial charge < -0.3 is 24.8 Å². The molecule has 1 saturated carbocycles. The third kappa shape index (κ3) is 7.74. The van der Waals surface area contributed by atoms with Gasteiger partial charge in [0.25, 0.3) is 0 Å². The number of rotatable bonds is 9. The first-order valence-corrected chi connectivity index (χ1v) is 13.3. The molecule has 0 spiro atoms. The number of para-hydroxylation sites is 2. The highest BCUT2D eigenvalue weighted by atomic mass is 35.5. The smallest absolute Gasteiger partial charge is 0.227 e. The van der Waals surface area contributed by atoms with Crippen LogP contribution in [0.3, 0.4) is 0 Å². The Morgan fingerprint density at radius 1 is 1.03 bits per heavy atom. The Morgan fingerprint density at radius 3 is 2.51 bits per heavy atom. The third-order valence-corrected chi connectivity index (χ3v) is 7.49. The molecule has 1 aliphatic heterocycles. The molecule has 1 amide bonds. The molecule has 1 aliphatic carbocycles. The Balaban J connectivity index is 1.20. The molecule has 6 nitrogen and oxygen atoms in total. The number of nitrogens with one attached hydrogen (secondary N) is 1. The second kappa shape index (κ2) is 12.8. The summed E-state index contributed by atoms with van der Waals surface area (Å²) >= 11 is 12.0. The average Bonchev–Trinajstić information content (AvgIpc) is 2.87. The van der Waals surface area contributed by atoms with Gasteiger partial charge in [-0.05, 0) is 49.9 Å². The molecule has 0 aromatic heterocycles. The number of carbonyl (C=O) groups excluding carboxylic acids is 1. The van der Waals surface area contributed by atoms with Crippen LogP contribution in [-0.2, 0) is 4.79 Å². The SMILES string of the molecule is O=C(Nc1ccccc1OCC(O)CN1CCC(Oc2ccc(Cl)c(Cl)c2)CC1)C1CCCCC1. The molecule has 1 unspecified atom stereocenters. The molecule has 2 aliphatic rings. The lowest BCUT2D eigenvalue weighted by atomic mass is 9.88. The third-order valence-electron chi connectivity index (χ3n) is 6.75. The summed E-state index contributed by atoms with van der Waals surface area (Å²) in [5, 5.41) is 14.6. The van der Waals surface area contributed by atoms with Crippen molar-refractivity contribution in [3.8, 4) is 11.5 Å². The average molecular weight is 521 g/mol. The number of aliphatic hydroxyl groups is 1. The van der Waals surface area contributed by atoms with Crippen LogP contribution in [0.15, 0.2) is 42.5 Å². The van der Waals surface area contributed by atoms with Crippen LogP contribution in [0.25, 0.3) is 0 Å². The summed E-state index contributed by atoms with van der Waals surface area (Å²) in [6.45, 7) is 2.35. The van der Waals surface area contributed by atoms with Crippen LogP contribution in [-0.4, -0.2) is 54.4 Å². The Labute approximate surface area is 217 Å². The number of carbonyl (C=O) groups is 1. The van der Waals surface area contributed by atoms with E-state index in [0.29, 0.717) is 28.0 Å². The fraction of sp³-hybridized carbons (Fsp3) is 0.519. The van der Waals surface area contributed by atoms with Crippen LogP contribution in [0.5, 0.6) is 11.5 Å². The molecule has 1 atom stereocenters. The summed E-state index contributed by atoms with van der Waals surface area (Å²) in [5.74, 6) is 1.45. The second-order valence-electron chi connectivity index (χ2n) is 9.48. The summed E-state index contributed by atoms with van der Waals surface area (Å²) in [4.78, 5) is 14.9. The molecule has 0 radical (unpaired) electrons. The van der Waals surface area contributed by atoms with Crippen molar-refractivity contribution in [2.75, 3.05) is 31.6 Å². The summed E-state index contributed by atoms with van der Waals surface area (Å²) in [6, 6.07) is 12.7. The minimum Gasteiger partial charge on any atom is -0.490 e. The van der Waals surface area contributed by atoms with E-state index in [2.05, 4.69) is 10.2 Å². The van der Waals surface area contributed by atoms with Crippen molar-refractivity contribution < 1.29 is 19.4 Å². The molecular weight excluding hydrogens is 487 g/mol. The van der Waals surface area contributed by atoms with Crippen LogP contribution in [0, 0.1) is 5.92 Å². The number of hydrogen-bond donors (Lipinski definition) is 2. The number of piperidine rings is 1. The van der Waals surface area contributed by atoms with Gasteiger partial charge in [-0.15, -0.1) is 0 Å². The van der Waals surface area contributed by atoms with Gasteiger partial charge in [-0.2, -0.15) is 0 Å². The Hall–Kier alpha value is -1.99. The molecule has 1 heterocycles. The van der Waals surface area contributed by atoms with Crippen LogP contribution in [0.2, 0.25) is 10.0 Å². The summed E-state index contributed by atoms with van der Waals surface area (Å²) in [5.41, 5.74) is 0.663. The molecule has 2 aromatic carbocycles. The van der Waals surface area contributed by atoms with Gasteiger partial charge >= 0.3 is 0 Å². The first-order valence-electron chi connectivity index (χ1n) is 12.5. The fourth-order valence-electron chi connectivity index (χ4n) is 4.78. The molecule has 35 heavy (non-hydrogen) atoms. The highest BCUT2D eigenvalue weighted by molar-refractivity contribution is 6.42. The number of amides is 1. The van der Waals surface area contributed by atoms with Crippen LogP contribution in [0.1, 0.15) is 44.9 Å². The van der Waals surface area contributed by atoms with Gasteiger partial charge in [0.2, 0.25) is 5.91 Å². The predicted octanol–water partition coefficient (Wildman–Crippen LogP) is 5.80. The number of hydrogen-bond acceptors (Lipinski definition) is 5. The van der Waals surface area contributed by atoms with Gasteiger partial charge in [0, 0.05) is 31.6 Å². The fourth-order valence-corrected chi connectivity index (χ4v) is 5.07. The maximum absolute atomic E-state index is 12.6. The largest absolute Gasteiger partial charge is 0.490 e. The van der Waals surface area contributed by atoms with Gasteiger partial charge in [0.15, 0.2) is 0 Å². The zero-order valence-electron chi connectivity index (χ0n) is 19.9. The second-order valence-corrected chi connectivity index (χ2v) is 10.3. The van der Waals surface area contributed by atoms with E-state index in [9.17, 15) is 9.90 Å². The molecule has 4 rings (SSSR count). The van der Waals surface area contributed by atoms with Gasteiger partial charge in [-0.25, -0.2) is 0 Å². The summed E-state index contributed by atoms with van der Waals surface area (Å²) < 4.78 is 12.0. The zero-order valence-corrected chi connectivity index (χ0v) is 21.4. The number of anilines is 1. The Morgan fingerprint density at radius 2 is 1.77 bits per heavy atom. The lowest BCUT2D eigenvalue weighted by Gasteiger charge is -2.33. The zero-order chi connectivity index (χ0) is 24.6. The Kier molecular flexibility index (Phi) is 9.55. The van der Waals surface area contributed by atoms with Crippen molar-refractivity contribution in [2.24, 2.45) is 5.92 Å². The van der Waals surface area contributed by atoms with E-state index in [1.165, 1.54) is 6.42 Å². The standard InChI is InChI=1S/C27H34Cl2N2O4/c28-23-11-10-22(16-24(23)29)35-21-12-14-31(15-13-21)17-20(32)18-34-26-9-5-4-8-25(26)30-27(33)19-6-2-1-3-7-19/h4-5,8-11,16,19-21,32H,1-3,6-7,12-15,17-18H2,(H,30,33). The Bertz CT molecular complexity index is 975. The lowest BCUT2D eigenvalue weighted by Crippen LogP contribution is -2.43. The van der Waals surface area contributed by atoms with Crippen molar-refractivity contribution in [3.63, 3.8) is 0 Å². The molecule has 8 heteroatoms. The van der Waals surface area contributed by atoms with E-state index in [-0.39, 0.29) is 24.5 Å². The van der Waals surface area contributed by atoms with Gasteiger partial charge in [0.05, 0.1) is 15.7 Å². The molecular formula is C27H34Cl2N2O4. The maximum atomic E-state index is 12.6. The monoisotopic (exact) mass is 520 g/mol. The number of nitrogens with zero attached hydrogens (tertiary/aromatic N) is 1. The molecule has 2 fully saturated rings. The molecule has 2 aromatic rings. The highest BCUT2D eigenvalue weighted by Crippen LogP contribution is 2.30. The molecule has 2 N–H and O–H groups in total. The number of aliphatic hydroxyl groups excluding tert-OH is 1. The number of β-amino-alcohol motifs (C(OH)–C–C–N with tert-alkyl or cyclic N) is 1. The van der Waals surface area contributed by atoms with E-state index >= 15 is 0 Å². The van der Waals surface area contributed by atoms with Crippen molar-refractivity contribution >= 4 is 34.8 Å². The first kappa shape index (κ1) is 26.1. The van der Waals surface area contributed by atoms with Gasteiger partial charge in [0.1, 0.15) is 30.3 Å². The number of benzene rings is 2. The molecule has 1 saturated heterocycles. The predicted molar refractivity (Wildman–Crippen MR) is 140 cm³/mol. The van der Waals surface area contributed by atoms with E-state index in [4.69, 9.17) is 32.7 Å². The summed E-state index contributed by atoms with van der Waals surface area (Å²) in [7, 11) is 0. The maximum Gasteiger partial charge on any atom is 0.227 e. The number of ether oxygens (including phenoxy) is 2. The lowest BCUT2D eigenvalue weighted by molar-refractivity contribution is -0.120. The topological polar surface area (TPSA) is 71.0 Å². The van der Waals surface area contributed by atoms with Crippen LogP contribution >= 0.6 is 23.2 Å². The highest BCUT2D eigenvalue weighted by Gasteiger charge is 2.24. The normalized spacial score (nSPS) is 18.7. The first-order chi connectivity index (χ1) is 17.0. The summed E-state index contributed by atoms with van der Waals surface area (Å²) in [6.07, 6.45) is 6.53. The quantitative estimate of drug-likeness (QED) is 0.437. The van der Waals surface area contributed by atoms with E-state index in [1.807, 2.05) is 30.3 Å². The van der Waals surface area contributed by atoms with Gasteiger partial charge in [-0.1, -0.05) is 54.6 Å². The van der Waals surface area contributed by atoms with Crippen LogP contribution in [0.4, 0.5) is 5.69 Å². The van der Waals surface area contributed by atoms with Crippen molar-refractivity contribution in [1.29, 1.82) is 0 Å². The van der Waals surface area contributed by atoms with Crippen molar-refractivity contribution in [3.05, 3.63) is 52.5 Å². The minimum atomic E-state index is -0.635. The van der Waals surface area contributed by atoms with Gasteiger partial charge in [-0.3, -0.25) is 4.79 Å². The van der Waals surface area contributed by atoms with Crippen molar-refractivity contribution in [1.82, 2.24) is 4.90 Å². The number of halogens is 2. The van der Waals surface area contributed by atoms with Crippen molar-refractivity contribution in [2.45, 2.75) is 57.2 Å². The van der Waals surface area contributed by atoms with E-state index in [0.717, 1.165) is 57.4 Å². The van der Waals surface area contributed by atoms with E-state index in [1.54, 1.807) is 12.1 Å². The molecule has 190 valence electrons. The van der Waals surface area contributed by atoms with E-state index < -0.39 is 6.10 Å². The molecule has 0 bridgehead atoms. The number of likely N-dealkylation sites (tertiary alicyclic amines) is 1.